The lowest BCUT2D eigenvalue weighted by Crippen LogP contribution is -2.04. The van der Waals surface area contributed by atoms with Crippen LogP contribution in [-0.4, -0.2) is 19.1 Å². The van der Waals surface area contributed by atoms with E-state index in [1.165, 1.54) is 96.6 Å². The molecule has 292 valence electrons. The molecule has 0 spiro atoms. The summed E-state index contributed by atoms with van der Waals surface area (Å²) >= 11 is 3.83. The number of benzene rings is 7. The van der Waals surface area contributed by atoms with E-state index in [9.17, 15) is 0 Å². The topological polar surface area (TPSA) is 35.6 Å². The molecule has 0 bridgehead atoms. The SMILES string of the molecule is C1=Cc2c(sc3c(-n4c5ccc(-c6ccc7c(c6)c6ccccc6n7-c6ccccc6)cc5c5c6c(sc7ccccc76)c6c(c54)C=CCC6)nc(-c4ccccc4)nc23)CC1. The number of hydrogen-bond acceptors (Lipinski definition) is 4. The summed E-state index contributed by atoms with van der Waals surface area (Å²) in [6.45, 7) is 0. The Kier molecular flexibility index (Phi) is 7.36. The molecule has 2 aliphatic rings. The molecule has 0 aliphatic heterocycles. The Hall–Kier alpha value is -7.12. The van der Waals surface area contributed by atoms with Gasteiger partial charge in [-0.05, 0) is 90.9 Å². The van der Waals surface area contributed by atoms with E-state index in [1.54, 1.807) is 0 Å². The van der Waals surface area contributed by atoms with Gasteiger partial charge in [0.25, 0.3) is 0 Å². The highest BCUT2D eigenvalue weighted by Crippen LogP contribution is 2.50. The van der Waals surface area contributed by atoms with E-state index < -0.39 is 0 Å². The maximum absolute atomic E-state index is 5.62. The number of para-hydroxylation sites is 2. The van der Waals surface area contributed by atoms with Gasteiger partial charge in [-0.25, -0.2) is 9.97 Å². The van der Waals surface area contributed by atoms with Crippen molar-refractivity contribution < 1.29 is 0 Å². The Morgan fingerprint density at radius 1 is 0.484 bits per heavy atom. The van der Waals surface area contributed by atoms with Crippen molar-refractivity contribution >= 4 is 109 Å². The van der Waals surface area contributed by atoms with Crippen molar-refractivity contribution in [3.05, 3.63) is 179 Å². The number of rotatable bonds is 4. The lowest BCUT2D eigenvalue weighted by molar-refractivity contribution is 0.997. The van der Waals surface area contributed by atoms with Gasteiger partial charge in [0.2, 0.25) is 0 Å². The van der Waals surface area contributed by atoms with Gasteiger partial charge in [-0.15, -0.1) is 22.7 Å². The van der Waals surface area contributed by atoms with Gasteiger partial charge in [-0.3, -0.25) is 4.57 Å². The fourth-order valence-corrected chi connectivity index (χ4v) is 13.0. The second kappa shape index (κ2) is 13.2. The number of nitrogens with zero attached hydrogens (tertiary/aromatic N) is 4. The van der Waals surface area contributed by atoms with Crippen molar-refractivity contribution in [2.75, 3.05) is 0 Å². The van der Waals surface area contributed by atoms with Crippen LogP contribution in [0.3, 0.4) is 0 Å². The van der Waals surface area contributed by atoms with Gasteiger partial charge in [-0.1, -0.05) is 121 Å². The lowest BCUT2D eigenvalue weighted by atomic mass is 9.91. The van der Waals surface area contributed by atoms with Gasteiger partial charge >= 0.3 is 0 Å². The molecule has 62 heavy (non-hydrogen) atoms. The third-order valence-corrected chi connectivity index (χ3v) is 15.7. The highest BCUT2D eigenvalue weighted by Gasteiger charge is 2.28. The first-order valence-corrected chi connectivity index (χ1v) is 23.2. The Balaban J connectivity index is 1.12. The van der Waals surface area contributed by atoms with Gasteiger partial charge in [-0.2, -0.15) is 0 Å². The van der Waals surface area contributed by atoms with Crippen molar-refractivity contribution in [3.8, 4) is 34.0 Å². The molecule has 2 aliphatic carbocycles. The van der Waals surface area contributed by atoms with Gasteiger partial charge in [0.05, 0.1) is 32.3 Å². The zero-order chi connectivity index (χ0) is 40.5. The molecule has 0 atom stereocenters. The molecule has 0 radical (unpaired) electrons. The minimum Gasteiger partial charge on any atom is -0.309 e. The standard InChI is InChI=1S/C56H36N4S2/c1-3-15-33(16-4-1)55-57-51-41-23-11-14-26-48(41)62-54(51)56(58-55)60-46-30-28-35(34-27-29-45-42(31-34)37-19-9-12-24-44(37)59(45)36-17-5-2-6-18-36)32-43(46)49-50-40-22-10-13-25-47(40)61-53(50)39-21-8-7-20-38(39)52(49)60/h1-7,9-13,15-20,22-25,27-32H,8,14,21,26H2. The molecule has 14 rings (SSSR count). The second-order valence-corrected chi connectivity index (χ2v) is 18.8. The van der Waals surface area contributed by atoms with Crippen LogP contribution < -0.4 is 0 Å². The molecule has 5 heterocycles. The first kappa shape index (κ1) is 34.6. The summed E-state index contributed by atoms with van der Waals surface area (Å²) in [7, 11) is 0. The van der Waals surface area contributed by atoms with Gasteiger partial charge in [0.15, 0.2) is 11.6 Å². The molecular weight excluding hydrogens is 793 g/mol. The number of aryl methyl sites for hydroxylation is 2. The monoisotopic (exact) mass is 828 g/mol. The first-order valence-electron chi connectivity index (χ1n) is 21.5. The zero-order valence-electron chi connectivity index (χ0n) is 33.6. The van der Waals surface area contributed by atoms with Crippen LogP contribution in [0.1, 0.15) is 34.4 Å². The quantitative estimate of drug-likeness (QED) is 0.177. The predicted molar refractivity (Wildman–Crippen MR) is 265 cm³/mol. The van der Waals surface area contributed by atoms with Crippen LogP contribution in [0, 0.1) is 0 Å². The summed E-state index contributed by atoms with van der Waals surface area (Å²) in [6.07, 6.45) is 13.5. The highest BCUT2D eigenvalue weighted by molar-refractivity contribution is 7.26. The van der Waals surface area contributed by atoms with Crippen molar-refractivity contribution in [3.63, 3.8) is 0 Å². The largest absolute Gasteiger partial charge is 0.309 e. The Bertz CT molecular complexity index is 3910. The molecule has 5 aromatic heterocycles. The van der Waals surface area contributed by atoms with Crippen molar-refractivity contribution in [1.82, 2.24) is 19.1 Å². The first-order chi connectivity index (χ1) is 30.8. The van der Waals surface area contributed by atoms with E-state index in [0.29, 0.717) is 0 Å². The van der Waals surface area contributed by atoms with Gasteiger partial charge < -0.3 is 4.57 Å². The van der Waals surface area contributed by atoms with Crippen molar-refractivity contribution in [2.24, 2.45) is 0 Å². The minimum atomic E-state index is 0.758. The Morgan fingerprint density at radius 3 is 2.00 bits per heavy atom. The molecule has 0 amide bonds. The van der Waals surface area contributed by atoms with E-state index in [0.717, 1.165) is 58.6 Å². The molecular formula is C56H36N4S2. The summed E-state index contributed by atoms with van der Waals surface area (Å²) in [5.41, 5.74) is 14.5. The maximum atomic E-state index is 5.62. The number of aromatic nitrogens is 4. The maximum Gasteiger partial charge on any atom is 0.162 e. The van der Waals surface area contributed by atoms with Crippen molar-refractivity contribution in [2.45, 2.75) is 25.7 Å². The summed E-state index contributed by atoms with van der Waals surface area (Å²) in [6, 6.07) is 53.2. The normalized spacial score (nSPS) is 13.7. The zero-order valence-corrected chi connectivity index (χ0v) is 35.2. The van der Waals surface area contributed by atoms with Gasteiger partial charge in [0, 0.05) is 69.0 Å². The van der Waals surface area contributed by atoms with E-state index >= 15 is 0 Å². The van der Waals surface area contributed by atoms with Crippen molar-refractivity contribution in [1.29, 1.82) is 0 Å². The molecule has 0 N–H and O–H groups in total. The summed E-state index contributed by atoms with van der Waals surface area (Å²) in [5.74, 6) is 1.72. The van der Waals surface area contributed by atoms with Crippen LogP contribution in [0.15, 0.2) is 158 Å². The van der Waals surface area contributed by atoms with E-state index in [1.807, 2.05) is 22.7 Å². The highest BCUT2D eigenvalue weighted by atomic mass is 32.1. The molecule has 12 aromatic rings. The van der Waals surface area contributed by atoms with E-state index in [4.69, 9.17) is 9.97 Å². The van der Waals surface area contributed by atoms with Crippen LogP contribution in [0.5, 0.6) is 0 Å². The van der Waals surface area contributed by atoms with E-state index in [2.05, 4.69) is 179 Å². The van der Waals surface area contributed by atoms with Crippen LogP contribution in [0.2, 0.25) is 0 Å². The summed E-state index contributed by atoms with van der Waals surface area (Å²) in [4.78, 5) is 12.4. The molecule has 0 unspecified atom stereocenters. The molecule has 0 saturated carbocycles. The van der Waals surface area contributed by atoms with Crippen LogP contribution in [0.4, 0.5) is 0 Å². The molecule has 4 nitrogen and oxygen atoms in total. The number of hydrogen-bond donors (Lipinski definition) is 0. The van der Waals surface area contributed by atoms with Crippen LogP contribution >= 0.6 is 22.7 Å². The summed E-state index contributed by atoms with van der Waals surface area (Å²) < 4.78 is 8.80. The van der Waals surface area contributed by atoms with E-state index in [-0.39, 0.29) is 0 Å². The molecule has 7 aromatic carbocycles. The van der Waals surface area contributed by atoms with Gasteiger partial charge in [0.1, 0.15) is 0 Å². The molecule has 6 heteroatoms. The summed E-state index contributed by atoms with van der Waals surface area (Å²) in [5, 5.41) is 7.74. The number of fused-ring (bicyclic) bond motifs is 16. The average Bonchev–Trinajstić information content (AvgIpc) is 4.09. The Labute approximate surface area is 365 Å². The molecule has 0 saturated heterocycles. The minimum absolute atomic E-state index is 0.758. The molecule has 0 fully saturated rings. The number of thiophene rings is 2. The third-order valence-electron chi connectivity index (χ3n) is 13.2. The number of allylic oxidation sites excluding steroid dienone is 2. The fraction of sp³-hybridized carbons (Fsp3) is 0.0714. The lowest BCUT2D eigenvalue weighted by Gasteiger charge is -2.17. The smallest absolute Gasteiger partial charge is 0.162 e. The fourth-order valence-electron chi connectivity index (χ4n) is 10.5. The van der Waals surface area contributed by atoms with Crippen LogP contribution in [-0.2, 0) is 12.8 Å². The predicted octanol–water partition coefficient (Wildman–Crippen LogP) is 15.5. The average molecular weight is 829 g/mol. The second-order valence-electron chi connectivity index (χ2n) is 16.6. The van der Waals surface area contributed by atoms with Crippen LogP contribution in [0.25, 0.3) is 120 Å². The Morgan fingerprint density at radius 2 is 1.16 bits per heavy atom. The third kappa shape index (κ3) is 4.87.